The first-order valence-electron chi connectivity index (χ1n) is 3.75. The van der Waals surface area contributed by atoms with Gasteiger partial charge in [-0.2, -0.15) is 0 Å². The van der Waals surface area contributed by atoms with Gasteiger partial charge < -0.3 is 0 Å². The molecular formula is C6H17O5P. The maximum absolute atomic E-state index is 9.12. The van der Waals surface area contributed by atoms with E-state index in [-0.39, 0.29) is 0 Å². The van der Waals surface area contributed by atoms with E-state index in [1.54, 1.807) is 27.7 Å². The molecule has 0 heterocycles. The molecule has 12 heavy (non-hydrogen) atoms. The summed E-state index contributed by atoms with van der Waals surface area (Å²) in [5.41, 5.74) is 0. The van der Waals surface area contributed by atoms with E-state index >= 15 is 0 Å². The fraction of sp³-hybridized carbons (Fsp3) is 1.00. The van der Waals surface area contributed by atoms with Crippen LogP contribution in [0.2, 0.25) is 0 Å². The monoisotopic (exact) mass is 200 g/mol. The Morgan fingerprint density at radius 2 is 1.08 bits per heavy atom. The van der Waals surface area contributed by atoms with Crippen molar-refractivity contribution in [2.75, 3.05) is 0 Å². The number of rotatable bonds is 4. The molecule has 6 heteroatoms. The molecule has 0 unspecified atom stereocenters. The maximum atomic E-state index is 9.12. The molecule has 0 aliphatic rings. The van der Waals surface area contributed by atoms with Crippen molar-refractivity contribution in [3.8, 4) is 0 Å². The van der Waals surface area contributed by atoms with Gasteiger partial charge in [0.15, 0.2) is 0 Å². The number of hydrogen-bond donors (Lipinski definition) is 3. The Kier molecular flexibility index (Phi) is 3.60. The van der Waals surface area contributed by atoms with E-state index in [9.17, 15) is 0 Å². The molecule has 0 aromatic carbocycles. The average molecular weight is 200 g/mol. The van der Waals surface area contributed by atoms with E-state index in [2.05, 4.69) is 9.05 Å². The van der Waals surface area contributed by atoms with Gasteiger partial charge in [0, 0.05) is 0 Å². The Hall–Kier alpha value is 0.230. The van der Waals surface area contributed by atoms with Gasteiger partial charge in [-0.15, -0.1) is 0 Å². The fourth-order valence-corrected chi connectivity index (χ4v) is 2.29. The fourth-order valence-electron chi connectivity index (χ4n) is 0.763. The van der Waals surface area contributed by atoms with Crippen LogP contribution in [0.4, 0.5) is 0 Å². The van der Waals surface area contributed by atoms with Crippen molar-refractivity contribution < 1.29 is 23.7 Å². The Morgan fingerprint density at radius 1 is 0.833 bits per heavy atom. The van der Waals surface area contributed by atoms with Crippen molar-refractivity contribution >= 4 is 7.74 Å². The van der Waals surface area contributed by atoms with Crippen LogP contribution >= 0.6 is 7.74 Å². The van der Waals surface area contributed by atoms with Gasteiger partial charge >= 0.3 is 71.4 Å². The van der Waals surface area contributed by atoms with E-state index < -0.39 is 19.9 Å². The first kappa shape index (κ1) is 12.2. The third-order valence-corrected chi connectivity index (χ3v) is 2.37. The Morgan fingerprint density at radius 3 is 1.25 bits per heavy atom. The van der Waals surface area contributed by atoms with Crippen molar-refractivity contribution in [3.05, 3.63) is 0 Å². The standard InChI is InChI=1S/C6H17O5P/c1-5(2)10-12(7,8,9)11-6(3)4/h5-9H,1-4H3. The predicted molar refractivity (Wildman–Crippen MR) is 46.0 cm³/mol. The summed E-state index contributed by atoms with van der Waals surface area (Å²) in [5, 5.41) is 0. The van der Waals surface area contributed by atoms with Gasteiger partial charge in [0.05, 0.1) is 0 Å². The van der Waals surface area contributed by atoms with E-state index in [1.807, 2.05) is 0 Å². The second-order valence-corrected chi connectivity index (χ2v) is 5.23. The molecule has 0 atom stereocenters. The van der Waals surface area contributed by atoms with Crippen LogP contribution in [-0.2, 0) is 9.05 Å². The SMILES string of the molecule is CC(C)OP(O)(O)(O)OC(C)C. The first-order valence-corrected chi connectivity index (χ1v) is 5.68. The predicted octanol–water partition coefficient (Wildman–Crippen LogP) is 0.942. The molecule has 0 radical (unpaired) electrons. The molecule has 0 aliphatic heterocycles. The molecule has 0 amide bonds. The Labute approximate surface area is 72.3 Å². The van der Waals surface area contributed by atoms with Crippen LogP contribution in [0.15, 0.2) is 0 Å². The molecule has 0 saturated heterocycles. The molecule has 76 valence electrons. The van der Waals surface area contributed by atoms with Gasteiger partial charge in [-0.25, -0.2) is 0 Å². The molecule has 5 nitrogen and oxygen atoms in total. The van der Waals surface area contributed by atoms with Crippen molar-refractivity contribution in [2.24, 2.45) is 0 Å². The van der Waals surface area contributed by atoms with E-state index in [0.29, 0.717) is 0 Å². The topological polar surface area (TPSA) is 79.2 Å². The quantitative estimate of drug-likeness (QED) is 0.588. The summed E-state index contributed by atoms with van der Waals surface area (Å²) >= 11 is 0. The molecular weight excluding hydrogens is 183 g/mol. The number of hydrogen-bond acceptors (Lipinski definition) is 5. The van der Waals surface area contributed by atoms with Crippen molar-refractivity contribution in [1.82, 2.24) is 0 Å². The molecule has 0 rings (SSSR count). The second-order valence-electron chi connectivity index (χ2n) is 3.14. The van der Waals surface area contributed by atoms with E-state index in [0.717, 1.165) is 0 Å². The minimum absolute atomic E-state index is 0.513. The van der Waals surface area contributed by atoms with Crippen molar-refractivity contribution in [1.29, 1.82) is 0 Å². The van der Waals surface area contributed by atoms with Gasteiger partial charge in [-0.1, -0.05) is 0 Å². The van der Waals surface area contributed by atoms with Gasteiger partial charge in [0.25, 0.3) is 0 Å². The zero-order chi connectivity index (χ0) is 10.0. The average Bonchev–Trinajstić information content (AvgIpc) is 1.49. The second kappa shape index (κ2) is 3.54. The summed E-state index contributed by atoms with van der Waals surface area (Å²) < 4.78 is 9.02. The summed E-state index contributed by atoms with van der Waals surface area (Å²) in [6.07, 6.45) is -1.03. The van der Waals surface area contributed by atoms with E-state index in [1.165, 1.54) is 0 Å². The van der Waals surface area contributed by atoms with Crippen LogP contribution in [0.5, 0.6) is 0 Å². The van der Waals surface area contributed by atoms with Gasteiger partial charge in [0.2, 0.25) is 0 Å². The summed E-state index contributed by atoms with van der Waals surface area (Å²) in [6.45, 7) is 6.25. The van der Waals surface area contributed by atoms with Gasteiger partial charge in [-0.3, -0.25) is 0 Å². The Bertz CT molecular complexity index is 134. The van der Waals surface area contributed by atoms with Crippen LogP contribution in [0.25, 0.3) is 0 Å². The van der Waals surface area contributed by atoms with Gasteiger partial charge in [-0.05, 0) is 0 Å². The van der Waals surface area contributed by atoms with Crippen LogP contribution in [-0.4, -0.2) is 26.9 Å². The van der Waals surface area contributed by atoms with Crippen molar-refractivity contribution in [3.63, 3.8) is 0 Å². The zero-order valence-electron chi connectivity index (χ0n) is 7.76. The normalized spacial score (nSPS) is 16.6. The molecule has 0 aromatic heterocycles. The molecule has 0 aromatic rings. The van der Waals surface area contributed by atoms with Crippen LogP contribution in [0.3, 0.4) is 0 Å². The summed E-state index contributed by atoms with van der Waals surface area (Å²) in [7, 11) is -5.29. The first-order chi connectivity index (χ1) is 5.10. The van der Waals surface area contributed by atoms with Crippen LogP contribution in [0, 0.1) is 0 Å². The third kappa shape index (κ3) is 5.83. The summed E-state index contributed by atoms with van der Waals surface area (Å²) in [6, 6.07) is 0. The molecule has 3 N–H and O–H groups in total. The third-order valence-electron chi connectivity index (χ3n) is 0.791. The zero-order valence-corrected chi connectivity index (χ0v) is 8.65. The summed E-state index contributed by atoms with van der Waals surface area (Å²) in [4.78, 5) is 27.4. The van der Waals surface area contributed by atoms with Gasteiger partial charge in [0.1, 0.15) is 0 Å². The van der Waals surface area contributed by atoms with E-state index in [4.69, 9.17) is 14.7 Å². The van der Waals surface area contributed by atoms with Crippen LogP contribution < -0.4 is 0 Å². The Balaban J connectivity index is 4.28. The molecule has 0 saturated carbocycles. The van der Waals surface area contributed by atoms with Crippen molar-refractivity contribution in [2.45, 2.75) is 39.9 Å². The van der Waals surface area contributed by atoms with Crippen LogP contribution in [0.1, 0.15) is 27.7 Å². The molecule has 0 spiro atoms. The molecule has 0 bridgehead atoms. The molecule has 0 fully saturated rings. The minimum atomic E-state index is -5.29. The summed E-state index contributed by atoms with van der Waals surface area (Å²) in [5.74, 6) is 0. The molecule has 0 aliphatic carbocycles.